The lowest BCUT2D eigenvalue weighted by Gasteiger charge is -2.26. The van der Waals surface area contributed by atoms with E-state index >= 15 is 0 Å². The Labute approximate surface area is 118 Å². The van der Waals surface area contributed by atoms with Crippen molar-refractivity contribution in [3.8, 4) is 0 Å². The molecule has 0 amide bonds. The van der Waals surface area contributed by atoms with E-state index in [1.807, 2.05) is 0 Å². The van der Waals surface area contributed by atoms with E-state index in [1.54, 1.807) is 11.4 Å². The van der Waals surface area contributed by atoms with Crippen LogP contribution >= 0.6 is 0 Å². The van der Waals surface area contributed by atoms with Crippen LogP contribution in [0, 0.1) is 0 Å². The van der Waals surface area contributed by atoms with Crippen molar-refractivity contribution in [2.24, 2.45) is 0 Å². The summed E-state index contributed by atoms with van der Waals surface area (Å²) in [6.07, 6.45) is 10.2. The highest BCUT2D eigenvalue weighted by Gasteiger charge is 2.26. The van der Waals surface area contributed by atoms with E-state index in [-0.39, 0.29) is 6.04 Å². The lowest BCUT2D eigenvalue weighted by Crippen LogP contribution is -2.38. The predicted octanol–water partition coefficient (Wildman–Crippen LogP) is 2.11. The third-order valence-electron chi connectivity index (χ3n) is 4.37. The maximum atomic E-state index is 12.3. The number of sulfonamides is 1. The average molecular weight is 288 g/mol. The lowest BCUT2D eigenvalue weighted by molar-refractivity contribution is 0.335. The molecule has 112 valence electrons. The van der Waals surface area contributed by atoms with E-state index in [0.717, 1.165) is 25.8 Å². The van der Waals surface area contributed by atoms with Gasteiger partial charge in [0, 0.05) is 19.1 Å². The van der Waals surface area contributed by atoms with Gasteiger partial charge in [-0.1, -0.05) is 25.7 Å². The van der Waals surface area contributed by atoms with Crippen LogP contribution in [-0.2, 0) is 10.0 Å². The van der Waals surface area contributed by atoms with E-state index in [0.29, 0.717) is 11.8 Å². The van der Waals surface area contributed by atoms with Crippen LogP contribution < -0.4 is 5.32 Å². The summed E-state index contributed by atoms with van der Waals surface area (Å²) >= 11 is 0. The quantitative estimate of drug-likeness (QED) is 0.576. The Morgan fingerprint density at radius 3 is 2.26 bits per heavy atom. The largest absolute Gasteiger partial charge is 0.314 e. The zero-order valence-corrected chi connectivity index (χ0v) is 12.9. The molecule has 0 aromatic carbocycles. The van der Waals surface area contributed by atoms with Crippen LogP contribution in [0.4, 0.5) is 0 Å². The van der Waals surface area contributed by atoms with E-state index in [1.165, 1.54) is 38.5 Å². The number of hydrogen-bond acceptors (Lipinski definition) is 3. The minimum Gasteiger partial charge on any atom is -0.314 e. The molecule has 2 aliphatic rings. The summed E-state index contributed by atoms with van der Waals surface area (Å²) in [6, 6.07) is 0.909. The van der Waals surface area contributed by atoms with Crippen molar-refractivity contribution in [3.63, 3.8) is 0 Å². The van der Waals surface area contributed by atoms with E-state index in [2.05, 4.69) is 5.32 Å². The van der Waals surface area contributed by atoms with Gasteiger partial charge < -0.3 is 5.32 Å². The van der Waals surface area contributed by atoms with Crippen molar-refractivity contribution in [3.05, 3.63) is 0 Å². The first kappa shape index (κ1) is 15.3. The molecule has 19 heavy (non-hydrogen) atoms. The Morgan fingerprint density at radius 2 is 1.68 bits per heavy atom. The summed E-state index contributed by atoms with van der Waals surface area (Å²) in [5.41, 5.74) is 0. The number of nitrogens with zero attached hydrogens (tertiary/aromatic N) is 1. The maximum Gasteiger partial charge on any atom is 0.214 e. The number of hydrogen-bond donors (Lipinski definition) is 1. The molecule has 2 aliphatic carbocycles. The molecule has 4 nitrogen and oxygen atoms in total. The van der Waals surface area contributed by atoms with Gasteiger partial charge >= 0.3 is 0 Å². The molecular formula is C14H28N2O2S. The molecule has 0 radical (unpaired) electrons. The monoisotopic (exact) mass is 288 g/mol. The summed E-state index contributed by atoms with van der Waals surface area (Å²) in [6.45, 7) is 0.836. The minimum atomic E-state index is -3.06. The molecule has 0 bridgehead atoms. The average Bonchev–Trinajstić information content (AvgIpc) is 3.20. The zero-order chi connectivity index (χ0) is 13.7. The van der Waals surface area contributed by atoms with Gasteiger partial charge in [-0.15, -0.1) is 0 Å². The van der Waals surface area contributed by atoms with Gasteiger partial charge in [0.15, 0.2) is 0 Å². The van der Waals surface area contributed by atoms with Gasteiger partial charge in [0.1, 0.15) is 0 Å². The highest BCUT2D eigenvalue weighted by atomic mass is 32.2. The topological polar surface area (TPSA) is 49.4 Å². The summed E-state index contributed by atoms with van der Waals surface area (Å²) in [7, 11) is -1.28. The smallest absolute Gasteiger partial charge is 0.214 e. The normalized spacial score (nSPS) is 22.6. The Balaban J connectivity index is 1.75. The zero-order valence-electron chi connectivity index (χ0n) is 12.1. The van der Waals surface area contributed by atoms with Crippen molar-refractivity contribution in [2.45, 2.75) is 69.9 Å². The summed E-state index contributed by atoms with van der Waals surface area (Å²) in [5.74, 6) is 0.291. The van der Waals surface area contributed by atoms with Crippen molar-refractivity contribution in [1.82, 2.24) is 9.62 Å². The molecule has 0 saturated heterocycles. The fourth-order valence-corrected chi connectivity index (χ4v) is 4.30. The Morgan fingerprint density at radius 1 is 1.05 bits per heavy atom. The van der Waals surface area contributed by atoms with Crippen LogP contribution in [0.25, 0.3) is 0 Å². The third kappa shape index (κ3) is 5.04. The van der Waals surface area contributed by atoms with Gasteiger partial charge in [0.05, 0.1) is 5.75 Å². The molecule has 2 rings (SSSR count). The molecule has 2 saturated carbocycles. The van der Waals surface area contributed by atoms with Crippen LogP contribution in [0.3, 0.4) is 0 Å². The van der Waals surface area contributed by atoms with Crippen molar-refractivity contribution < 1.29 is 8.42 Å². The van der Waals surface area contributed by atoms with Crippen LogP contribution in [0.1, 0.15) is 57.8 Å². The number of rotatable bonds is 7. The molecule has 5 heteroatoms. The molecule has 0 aromatic rings. The second-order valence-corrected chi connectivity index (χ2v) is 8.21. The van der Waals surface area contributed by atoms with Crippen molar-refractivity contribution in [1.29, 1.82) is 0 Å². The first-order chi connectivity index (χ1) is 9.09. The standard InChI is InChI=1S/C14H28N2O2S/c1-16(14-7-4-2-3-5-8-14)19(17,18)12-6-11-15-13-9-10-13/h13-15H,2-12H2,1H3. The van der Waals surface area contributed by atoms with Crippen LogP contribution in [-0.4, -0.2) is 44.2 Å². The minimum absolute atomic E-state index is 0.240. The molecule has 0 atom stereocenters. The van der Waals surface area contributed by atoms with E-state index in [4.69, 9.17) is 0 Å². The highest BCUT2D eigenvalue weighted by molar-refractivity contribution is 7.89. The molecule has 0 heterocycles. The molecule has 0 unspecified atom stereocenters. The van der Waals surface area contributed by atoms with Gasteiger partial charge in [0.25, 0.3) is 0 Å². The summed E-state index contributed by atoms with van der Waals surface area (Å²) in [5, 5.41) is 3.37. The van der Waals surface area contributed by atoms with E-state index in [9.17, 15) is 8.42 Å². The van der Waals surface area contributed by atoms with Gasteiger partial charge in [-0.25, -0.2) is 12.7 Å². The molecule has 0 aliphatic heterocycles. The Hall–Kier alpha value is -0.130. The molecule has 0 aromatic heterocycles. The summed E-state index contributed by atoms with van der Waals surface area (Å²) < 4.78 is 26.3. The molecule has 0 spiro atoms. The van der Waals surface area contributed by atoms with Crippen LogP contribution in [0.5, 0.6) is 0 Å². The molecule has 2 fully saturated rings. The van der Waals surface area contributed by atoms with Crippen LogP contribution in [0.15, 0.2) is 0 Å². The van der Waals surface area contributed by atoms with Crippen molar-refractivity contribution in [2.75, 3.05) is 19.3 Å². The van der Waals surface area contributed by atoms with E-state index < -0.39 is 10.0 Å². The fourth-order valence-electron chi connectivity index (χ4n) is 2.84. The first-order valence-corrected chi connectivity index (χ1v) is 9.39. The number of nitrogens with one attached hydrogen (secondary N) is 1. The Kier molecular flexibility index (Phi) is 5.66. The lowest BCUT2D eigenvalue weighted by atomic mass is 10.1. The first-order valence-electron chi connectivity index (χ1n) is 7.79. The fraction of sp³-hybridized carbons (Fsp3) is 1.00. The SMILES string of the molecule is CN(C1CCCCCC1)S(=O)(=O)CCCNC1CC1. The van der Waals surface area contributed by atoms with Crippen molar-refractivity contribution >= 4 is 10.0 Å². The predicted molar refractivity (Wildman–Crippen MR) is 78.7 cm³/mol. The second-order valence-electron chi connectivity index (χ2n) is 6.06. The van der Waals surface area contributed by atoms with Gasteiger partial charge in [-0.2, -0.15) is 0 Å². The maximum absolute atomic E-state index is 12.3. The highest BCUT2D eigenvalue weighted by Crippen LogP contribution is 2.23. The van der Waals surface area contributed by atoms with Crippen LogP contribution in [0.2, 0.25) is 0 Å². The second kappa shape index (κ2) is 7.04. The van der Waals surface area contributed by atoms with Gasteiger partial charge in [0.2, 0.25) is 10.0 Å². The third-order valence-corrected chi connectivity index (χ3v) is 6.35. The molecular weight excluding hydrogens is 260 g/mol. The van der Waals surface area contributed by atoms with Gasteiger partial charge in [-0.05, 0) is 38.6 Å². The summed E-state index contributed by atoms with van der Waals surface area (Å²) in [4.78, 5) is 0. The molecule has 1 N–H and O–H groups in total. The van der Waals surface area contributed by atoms with Gasteiger partial charge in [-0.3, -0.25) is 0 Å². The Bertz CT molecular complexity index is 358.